The Labute approximate surface area is 173 Å². The van der Waals surface area contributed by atoms with Crippen LogP contribution < -0.4 is 5.32 Å². The Morgan fingerprint density at radius 2 is 2.14 bits per heavy atom. The van der Waals surface area contributed by atoms with E-state index in [-0.39, 0.29) is 34.4 Å². The van der Waals surface area contributed by atoms with Crippen molar-refractivity contribution < 1.29 is 19.3 Å². The standard InChI is InChI=1S/C17H12ClN5O5S/c18-11-2-1-10(7-13(11)23(27)28)8-14-16(25)22(17(26)29-14)6-5-21-15(24)12-9-19-3-4-20-12/h1-4,7-9H,5-6H2,(H,21,24)/b14-8-. The Balaban J connectivity index is 1.65. The fraction of sp³-hybridized carbons (Fsp3) is 0.118. The molecule has 0 atom stereocenters. The Hall–Kier alpha value is -3.31. The molecule has 1 aliphatic rings. The molecule has 0 spiro atoms. The predicted molar refractivity (Wildman–Crippen MR) is 105 cm³/mol. The smallest absolute Gasteiger partial charge is 0.293 e. The van der Waals surface area contributed by atoms with Gasteiger partial charge in [-0.2, -0.15) is 0 Å². The van der Waals surface area contributed by atoms with Crippen LogP contribution >= 0.6 is 23.4 Å². The molecule has 29 heavy (non-hydrogen) atoms. The molecule has 1 N–H and O–H groups in total. The molecule has 1 fully saturated rings. The topological polar surface area (TPSA) is 135 Å². The summed E-state index contributed by atoms with van der Waals surface area (Å²) in [5, 5.41) is 13.0. The molecule has 12 heteroatoms. The van der Waals surface area contributed by atoms with E-state index in [0.717, 1.165) is 4.90 Å². The van der Waals surface area contributed by atoms with Crippen LogP contribution in [0.5, 0.6) is 0 Å². The molecule has 0 saturated carbocycles. The van der Waals surface area contributed by atoms with E-state index in [1.807, 2.05) is 0 Å². The molecule has 10 nitrogen and oxygen atoms in total. The maximum absolute atomic E-state index is 12.5. The minimum Gasteiger partial charge on any atom is -0.349 e. The number of nitro benzene ring substituents is 1. The number of hydrogen-bond acceptors (Lipinski definition) is 8. The highest BCUT2D eigenvalue weighted by atomic mass is 35.5. The van der Waals surface area contributed by atoms with Crippen molar-refractivity contribution in [3.8, 4) is 0 Å². The Bertz CT molecular complexity index is 1030. The van der Waals surface area contributed by atoms with Gasteiger partial charge in [-0.1, -0.05) is 17.7 Å². The molecular weight excluding hydrogens is 422 g/mol. The zero-order chi connectivity index (χ0) is 21.0. The largest absolute Gasteiger partial charge is 0.349 e. The van der Waals surface area contributed by atoms with Gasteiger partial charge >= 0.3 is 0 Å². The second-order valence-corrected chi connectivity index (χ2v) is 7.05. The number of nitro groups is 1. The average molecular weight is 434 g/mol. The molecule has 2 aromatic rings. The summed E-state index contributed by atoms with van der Waals surface area (Å²) in [6.07, 6.45) is 5.48. The summed E-state index contributed by atoms with van der Waals surface area (Å²) in [6, 6.07) is 4.07. The number of thioether (sulfide) groups is 1. The number of nitrogens with one attached hydrogen (secondary N) is 1. The van der Waals surface area contributed by atoms with Crippen LogP contribution in [-0.2, 0) is 4.79 Å². The number of carbonyl (C=O) groups excluding carboxylic acids is 3. The SMILES string of the molecule is O=C(NCCN1C(=O)S/C(=C\c2ccc(Cl)c([N+](=O)[O-])c2)C1=O)c1cnccn1. The van der Waals surface area contributed by atoms with Crippen molar-refractivity contribution in [3.05, 3.63) is 68.1 Å². The number of nitrogens with zero attached hydrogens (tertiary/aromatic N) is 4. The second kappa shape index (κ2) is 8.80. The number of aromatic nitrogens is 2. The van der Waals surface area contributed by atoms with E-state index in [1.54, 1.807) is 0 Å². The quantitative estimate of drug-likeness (QED) is 0.417. The lowest BCUT2D eigenvalue weighted by Crippen LogP contribution is -2.37. The lowest BCUT2D eigenvalue weighted by atomic mass is 10.2. The van der Waals surface area contributed by atoms with Gasteiger partial charge < -0.3 is 5.32 Å². The molecule has 3 amide bonds. The van der Waals surface area contributed by atoms with Crippen molar-refractivity contribution in [3.63, 3.8) is 0 Å². The molecule has 3 rings (SSSR count). The summed E-state index contributed by atoms with van der Waals surface area (Å²) in [4.78, 5) is 55.6. The first-order valence-corrected chi connectivity index (χ1v) is 9.30. The lowest BCUT2D eigenvalue weighted by molar-refractivity contribution is -0.384. The van der Waals surface area contributed by atoms with Crippen LogP contribution in [0.3, 0.4) is 0 Å². The highest BCUT2D eigenvalue weighted by Crippen LogP contribution is 2.33. The van der Waals surface area contributed by atoms with Gasteiger partial charge in [0.25, 0.3) is 22.7 Å². The summed E-state index contributed by atoms with van der Waals surface area (Å²) in [5.74, 6) is -1.03. The molecule has 1 aliphatic heterocycles. The van der Waals surface area contributed by atoms with Gasteiger partial charge in [0, 0.05) is 31.5 Å². The summed E-state index contributed by atoms with van der Waals surface area (Å²) in [7, 11) is 0. The fourth-order valence-corrected chi connectivity index (χ4v) is 3.44. The van der Waals surface area contributed by atoms with Crippen LogP contribution in [0.1, 0.15) is 16.1 Å². The predicted octanol–water partition coefficient (Wildman–Crippen LogP) is 2.50. The zero-order valence-corrected chi connectivity index (χ0v) is 16.1. The molecular formula is C17H12ClN5O5S. The Morgan fingerprint density at radius 3 is 2.83 bits per heavy atom. The van der Waals surface area contributed by atoms with Crippen molar-refractivity contribution in [1.29, 1.82) is 0 Å². The maximum Gasteiger partial charge on any atom is 0.293 e. The Kier molecular flexibility index (Phi) is 6.20. The van der Waals surface area contributed by atoms with Gasteiger partial charge in [0.05, 0.1) is 16.0 Å². The van der Waals surface area contributed by atoms with E-state index < -0.39 is 22.0 Å². The highest BCUT2D eigenvalue weighted by molar-refractivity contribution is 8.18. The first-order chi connectivity index (χ1) is 13.9. The minimum absolute atomic E-state index is 0.0286. The van der Waals surface area contributed by atoms with Gasteiger partial charge in [-0.3, -0.25) is 34.4 Å². The van der Waals surface area contributed by atoms with Gasteiger partial charge in [-0.25, -0.2) is 4.98 Å². The monoisotopic (exact) mass is 433 g/mol. The normalized spacial score (nSPS) is 15.1. The lowest BCUT2D eigenvalue weighted by Gasteiger charge is -2.12. The van der Waals surface area contributed by atoms with Crippen molar-refractivity contribution in [2.75, 3.05) is 13.1 Å². The highest BCUT2D eigenvalue weighted by Gasteiger charge is 2.34. The van der Waals surface area contributed by atoms with Crippen LogP contribution in [0.25, 0.3) is 6.08 Å². The van der Waals surface area contributed by atoms with Gasteiger partial charge in [-0.05, 0) is 29.5 Å². The molecule has 1 saturated heterocycles. The van der Waals surface area contributed by atoms with Crippen LogP contribution in [0.2, 0.25) is 5.02 Å². The molecule has 0 bridgehead atoms. The van der Waals surface area contributed by atoms with Crippen molar-refractivity contribution in [2.45, 2.75) is 0 Å². The molecule has 2 heterocycles. The van der Waals surface area contributed by atoms with E-state index in [9.17, 15) is 24.5 Å². The summed E-state index contributed by atoms with van der Waals surface area (Å²) >= 11 is 6.48. The number of imide groups is 1. The van der Waals surface area contributed by atoms with Crippen LogP contribution in [0.4, 0.5) is 10.5 Å². The number of halogens is 1. The molecule has 1 aromatic heterocycles. The van der Waals surface area contributed by atoms with Crippen LogP contribution in [0, 0.1) is 10.1 Å². The molecule has 0 radical (unpaired) electrons. The third kappa shape index (κ3) is 4.76. The van der Waals surface area contributed by atoms with E-state index in [4.69, 9.17) is 11.6 Å². The fourth-order valence-electron chi connectivity index (χ4n) is 2.39. The van der Waals surface area contributed by atoms with Crippen LogP contribution in [-0.4, -0.2) is 49.9 Å². The molecule has 1 aromatic carbocycles. The van der Waals surface area contributed by atoms with Gasteiger partial charge in [0.1, 0.15) is 10.7 Å². The van der Waals surface area contributed by atoms with E-state index >= 15 is 0 Å². The third-order valence-electron chi connectivity index (χ3n) is 3.76. The molecule has 0 unspecified atom stereocenters. The van der Waals surface area contributed by atoms with E-state index in [1.165, 1.54) is 42.9 Å². The van der Waals surface area contributed by atoms with Crippen molar-refractivity contribution >= 4 is 52.2 Å². The van der Waals surface area contributed by atoms with Gasteiger partial charge in [0.2, 0.25) is 0 Å². The third-order valence-corrected chi connectivity index (χ3v) is 4.98. The van der Waals surface area contributed by atoms with Gasteiger partial charge in [-0.15, -0.1) is 0 Å². The number of hydrogen-bond donors (Lipinski definition) is 1. The van der Waals surface area contributed by atoms with Crippen molar-refractivity contribution in [1.82, 2.24) is 20.2 Å². The maximum atomic E-state index is 12.5. The molecule has 0 aliphatic carbocycles. The average Bonchev–Trinajstić information content (AvgIpc) is 2.97. The first-order valence-electron chi connectivity index (χ1n) is 8.10. The number of carbonyl (C=O) groups is 3. The summed E-state index contributed by atoms with van der Waals surface area (Å²) in [6.45, 7) is 0.00190. The summed E-state index contributed by atoms with van der Waals surface area (Å²) < 4.78 is 0. The number of benzene rings is 1. The molecule has 148 valence electrons. The minimum atomic E-state index is -0.634. The number of rotatable bonds is 6. The van der Waals surface area contributed by atoms with E-state index in [0.29, 0.717) is 17.3 Å². The second-order valence-electron chi connectivity index (χ2n) is 5.65. The number of amides is 3. The first kappa shape index (κ1) is 20.4. The van der Waals surface area contributed by atoms with Gasteiger partial charge in [0.15, 0.2) is 0 Å². The van der Waals surface area contributed by atoms with Crippen LogP contribution in [0.15, 0.2) is 41.7 Å². The zero-order valence-electron chi connectivity index (χ0n) is 14.6. The summed E-state index contributed by atoms with van der Waals surface area (Å²) in [5.41, 5.74) is 0.180. The van der Waals surface area contributed by atoms with Crippen molar-refractivity contribution in [2.24, 2.45) is 0 Å². The van der Waals surface area contributed by atoms with E-state index in [2.05, 4.69) is 15.3 Å². The Morgan fingerprint density at radius 1 is 1.34 bits per heavy atom.